The Balaban J connectivity index is 2.41. The van der Waals surface area contributed by atoms with Crippen LogP contribution in [0.4, 0.5) is 0 Å². The zero-order valence-electron chi connectivity index (χ0n) is 11.6. The molecule has 0 radical (unpaired) electrons. The van der Waals surface area contributed by atoms with Crippen LogP contribution in [0.15, 0.2) is 11.6 Å². The van der Waals surface area contributed by atoms with Crippen molar-refractivity contribution in [3.05, 3.63) is 17.2 Å². The molecule has 0 heterocycles. The summed E-state index contributed by atoms with van der Waals surface area (Å²) < 4.78 is 0. The van der Waals surface area contributed by atoms with Crippen molar-refractivity contribution in [1.82, 2.24) is 0 Å². The zero-order valence-corrected chi connectivity index (χ0v) is 11.6. The summed E-state index contributed by atoms with van der Waals surface area (Å²) in [6.07, 6.45) is 8.70. The van der Waals surface area contributed by atoms with Gasteiger partial charge in [-0.3, -0.25) is 4.79 Å². The van der Waals surface area contributed by atoms with Gasteiger partial charge in [-0.2, -0.15) is 4.79 Å². The molecule has 2 aliphatic carbocycles. The van der Waals surface area contributed by atoms with Crippen molar-refractivity contribution < 1.29 is 9.58 Å². The van der Waals surface area contributed by atoms with Crippen LogP contribution in [0.1, 0.15) is 52.9 Å². The lowest BCUT2D eigenvalue weighted by atomic mass is 9.51. The number of nitrogens with zero attached hydrogens (tertiary/aromatic N) is 2. The minimum atomic E-state index is -0.123. The minimum absolute atomic E-state index is 0.0434. The average Bonchev–Trinajstić information content (AvgIpc) is 2.27. The number of ketones is 1. The summed E-state index contributed by atoms with van der Waals surface area (Å²) in [4.78, 5) is 15.0. The van der Waals surface area contributed by atoms with Crippen molar-refractivity contribution in [2.75, 3.05) is 0 Å². The summed E-state index contributed by atoms with van der Waals surface area (Å²) in [5, 5.41) is 0. The smallest absolute Gasteiger partial charge is 0.327 e. The van der Waals surface area contributed by atoms with Crippen LogP contribution in [-0.2, 0) is 4.79 Å². The molecule has 98 valence electrons. The first-order chi connectivity index (χ1) is 8.42. The normalized spacial score (nSPS) is 33.9. The van der Waals surface area contributed by atoms with Crippen LogP contribution in [0.5, 0.6) is 0 Å². The molecule has 2 atom stereocenters. The molecule has 0 bridgehead atoms. The highest BCUT2D eigenvalue weighted by atomic mass is 16.1. The second-order valence-corrected chi connectivity index (χ2v) is 6.62. The third-order valence-corrected chi connectivity index (χ3v) is 5.09. The molecule has 1 saturated carbocycles. The highest BCUT2D eigenvalue weighted by molar-refractivity contribution is 6.33. The van der Waals surface area contributed by atoms with Crippen LogP contribution < -0.4 is 0 Å². The maximum Gasteiger partial charge on any atom is 0.327 e. The molecular formula is C15H22N2O. The van der Waals surface area contributed by atoms with Gasteiger partial charge in [0.05, 0.1) is 0 Å². The molecule has 3 nitrogen and oxygen atoms in total. The third-order valence-electron chi connectivity index (χ3n) is 5.09. The summed E-state index contributed by atoms with van der Waals surface area (Å²) in [6.45, 7) is 6.86. The number of rotatable bonds is 2. The number of hydrogen-bond donors (Lipinski definition) is 0. The topological polar surface area (TPSA) is 53.5 Å². The number of carbonyl (C=O) groups is 1. The predicted molar refractivity (Wildman–Crippen MR) is 71.2 cm³/mol. The molecule has 0 spiro atoms. The first kappa shape index (κ1) is 13.2. The molecule has 1 fully saturated rings. The van der Waals surface area contributed by atoms with Gasteiger partial charge in [-0.25, -0.2) is 0 Å². The Bertz CT molecular complexity index is 443. The zero-order chi connectivity index (χ0) is 13.4. The molecule has 18 heavy (non-hydrogen) atoms. The van der Waals surface area contributed by atoms with Crippen molar-refractivity contribution in [3.8, 4) is 0 Å². The van der Waals surface area contributed by atoms with Gasteiger partial charge in [-0.1, -0.05) is 33.3 Å². The standard InChI is InChI=1S/C15H22N2O/c1-14(2)8-5-9-15(3)11(12(18)10-17-16)6-4-7-13(14)15/h6,10,13H,4-5,7-9H2,1-3H3/t13-,15+/m0/s1. The molecule has 2 rings (SSSR count). The van der Waals surface area contributed by atoms with Gasteiger partial charge >= 0.3 is 6.21 Å². The first-order valence-electron chi connectivity index (χ1n) is 6.84. The van der Waals surface area contributed by atoms with Gasteiger partial charge in [0, 0.05) is 5.57 Å². The molecule has 0 N–H and O–H groups in total. The molecule has 0 aromatic carbocycles. The highest BCUT2D eigenvalue weighted by Gasteiger charge is 2.50. The fourth-order valence-corrected chi connectivity index (χ4v) is 4.29. The average molecular weight is 246 g/mol. The number of Topliss-reactive ketones (excluding diaryl/α,β-unsaturated/α-hetero) is 1. The number of fused-ring (bicyclic) bond motifs is 1. The lowest BCUT2D eigenvalue weighted by Gasteiger charge is -2.53. The Morgan fingerprint density at radius 2 is 2.17 bits per heavy atom. The summed E-state index contributed by atoms with van der Waals surface area (Å²) in [6, 6.07) is 0. The van der Waals surface area contributed by atoms with Crippen LogP contribution in [0, 0.1) is 16.7 Å². The van der Waals surface area contributed by atoms with E-state index in [9.17, 15) is 4.79 Å². The molecule has 0 aliphatic heterocycles. The monoisotopic (exact) mass is 246 g/mol. The quantitative estimate of drug-likeness (QED) is 0.418. The van der Waals surface area contributed by atoms with Crippen LogP contribution in [-0.4, -0.2) is 16.8 Å². The fraction of sp³-hybridized carbons (Fsp3) is 0.733. The molecule has 0 aromatic heterocycles. The Hall–Kier alpha value is -1.21. The van der Waals surface area contributed by atoms with E-state index >= 15 is 0 Å². The third kappa shape index (κ3) is 1.97. The van der Waals surface area contributed by atoms with E-state index in [-0.39, 0.29) is 11.2 Å². The van der Waals surface area contributed by atoms with E-state index < -0.39 is 0 Å². The lowest BCUT2D eigenvalue weighted by molar-refractivity contribution is -0.115. The molecule has 2 aliphatic rings. The van der Waals surface area contributed by atoms with Crippen molar-refractivity contribution >= 4 is 12.0 Å². The molecule has 0 unspecified atom stereocenters. The van der Waals surface area contributed by atoms with Crippen molar-refractivity contribution in [2.24, 2.45) is 16.7 Å². The number of allylic oxidation sites excluding steroid dienone is 2. The largest absolute Gasteiger partial charge is 0.361 e. The Morgan fingerprint density at radius 1 is 1.44 bits per heavy atom. The van der Waals surface area contributed by atoms with Gasteiger partial charge < -0.3 is 5.53 Å². The van der Waals surface area contributed by atoms with E-state index in [4.69, 9.17) is 5.53 Å². The SMILES string of the molecule is CC1(C)CCC[C@]2(C)C(C(=O)C=[N+]=[N-])=CCC[C@@H]12. The van der Waals surface area contributed by atoms with Crippen LogP contribution in [0.25, 0.3) is 5.53 Å². The van der Waals surface area contributed by atoms with E-state index in [0.29, 0.717) is 11.3 Å². The fourth-order valence-electron chi connectivity index (χ4n) is 4.29. The first-order valence-corrected chi connectivity index (χ1v) is 6.84. The van der Waals surface area contributed by atoms with Gasteiger partial charge in [0.2, 0.25) is 0 Å². The summed E-state index contributed by atoms with van der Waals surface area (Å²) in [5.74, 6) is 0.428. The number of hydrogen-bond acceptors (Lipinski definition) is 1. The Labute approximate surface area is 109 Å². The maximum atomic E-state index is 12.1. The predicted octanol–water partition coefficient (Wildman–Crippen LogP) is 3.41. The second kappa shape index (κ2) is 4.47. The van der Waals surface area contributed by atoms with Crippen molar-refractivity contribution in [3.63, 3.8) is 0 Å². The summed E-state index contributed by atoms with van der Waals surface area (Å²) >= 11 is 0. The van der Waals surface area contributed by atoms with E-state index in [1.54, 1.807) is 0 Å². The lowest BCUT2D eigenvalue weighted by Crippen LogP contribution is -2.46. The van der Waals surface area contributed by atoms with Crippen molar-refractivity contribution in [1.29, 1.82) is 0 Å². The Morgan fingerprint density at radius 3 is 2.83 bits per heavy atom. The minimum Gasteiger partial charge on any atom is -0.361 e. The van der Waals surface area contributed by atoms with Gasteiger partial charge in [-0.05, 0) is 42.4 Å². The maximum absolute atomic E-state index is 12.1. The molecule has 3 heteroatoms. The molecule has 0 saturated heterocycles. The highest BCUT2D eigenvalue weighted by Crippen LogP contribution is 2.58. The van der Waals surface area contributed by atoms with Gasteiger partial charge in [0.25, 0.3) is 5.78 Å². The van der Waals surface area contributed by atoms with E-state index in [0.717, 1.165) is 31.1 Å². The molecular weight excluding hydrogens is 224 g/mol. The Kier molecular flexibility index (Phi) is 3.29. The van der Waals surface area contributed by atoms with E-state index in [1.807, 2.05) is 0 Å². The van der Waals surface area contributed by atoms with Gasteiger partial charge in [0.15, 0.2) is 0 Å². The molecule has 0 amide bonds. The summed E-state index contributed by atoms with van der Waals surface area (Å²) in [7, 11) is 0. The van der Waals surface area contributed by atoms with Gasteiger partial charge in [0.1, 0.15) is 0 Å². The van der Waals surface area contributed by atoms with Crippen molar-refractivity contribution in [2.45, 2.75) is 52.9 Å². The van der Waals surface area contributed by atoms with E-state index in [2.05, 4.69) is 31.6 Å². The molecule has 0 aromatic rings. The second-order valence-electron chi connectivity index (χ2n) is 6.62. The van der Waals surface area contributed by atoms with Crippen LogP contribution in [0.3, 0.4) is 0 Å². The van der Waals surface area contributed by atoms with Crippen LogP contribution in [0.2, 0.25) is 0 Å². The summed E-state index contributed by atoms with van der Waals surface area (Å²) in [5.41, 5.74) is 9.69. The number of carbonyl (C=O) groups excluding carboxylic acids is 1. The van der Waals surface area contributed by atoms with E-state index in [1.165, 1.54) is 12.8 Å². The van der Waals surface area contributed by atoms with Gasteiger partial charge in [-0.15, -0.1) is 0 Å². The van der Waals surface area contributed by atoms with Crippen LogP contribution >= 0.6 is 0 Å².